The van der Waals surface area contributed by atoms with Crippen molar-refractivity contribution >= 4 is 5.69 Å². The van der Waals surface area contributed by atoms with Crippen molar-refractivity contribution in [1.29, 1.82) is 0 Å². The maximum atomic E-state index is 12.4. The Bertz CT molecular complexity index is 408. The second kappa shape index (κ2) is 5.82. The summed E-state index contributed by atoms with van der Waals surface area (Å²) in [6.45, 7) is 5.67. The molecule has 108 valence electrons. The fourth-order valence-corrected chi connectivity index (χ4v) is 1.75. The second-order valence-corrected chi connectivity index (χ2v) is 5.70. The SMILES string of the molecule is CN(CC(F)(F)F)c1ccccc1CNC(C)(C)C. The normalized spacial score (nSPS) is 12.6. The molecule has 19 heavy (non-hydrogen) atoms. The smallest absolute Gasteiger partial charge is 0.365 e. The topological polar surface area (TPSA) is 15.3 Å². The van der Waals surface area contributed by atoms with Crippen LogP contribution in [0.25, 0.3) is 0 Å². The van der Waals surface area contributed by atoms with Crippen LogP contribution in [0, 0.1) is 0 Å². The van der Waals surface area contributed by atoms with Crippen LogP contribution in [0.1, 0.15) is 26.3 Å². The maximum Gasteiger partial charge on any atom is 0.405 e. The van der Waals surface area contributed by atoms with Crippen molar-refractivity contribution in [2.45, 2.75) is 39.0 Å². The number of benzene rings is 1. The van der Waals surface area contributed by atoms with Crippen LogP contribution in [0.15, 0.2) is 24.3 Å². The zero-order valence-corrected chi connectivity index (χ0v) is 11.8. The first kappa shape index (κ1) is 15.8. The van der Waals surface area contributed by atoms with Crippen molar-refractivity contribution in [3.05, 3.63) is 29.8 Å². The molecule has 1 rings (SSSR count). The minimum absolute atomic E-state index is 0.0737. The van der Waals surface area contributed by atoms with E-state index in [9.17, 15) is 13.2 Å². The molecule has 5 heteroatoms. The fourth-order valence-electron chi connectivity index (χ4n) is 1.75. The van der Waals surface area contributed by atoms with Crippen molar-refractivity contribution in [3.63, 3.8) is 0 Å². The number of para-hydroxylation sites is 1. The summed E-state index contributed by atoms with van der Waals surface area (Å²) in [6, 6.07) is 7.15. The third kappa shape index (κ3) is 5.96. The molecule has 0 radical (unpaired) electrons. The minimum atomic E-state index is -4.20. The molecule has 0 amide bonds. The Labute approximate surface area is 112 Å². The van der Waals surface area contributed by atoms with Crippen molar-refractivity contribution < 1.29 is 13.2 Å². The molecule has 0 fully saturated rings. The Balaban J connectivity index is 2.83. The van der Waals surface area contributed by atoms with E-state index in [2.05, 4.69) is 5.32 Å². The van der Waals surface area contributed by atoms with Crippen molar-refractivity contribution in [2.75, 3.05) is 18.5 Å². The van der Waals surface area contributed by atoms with Gasteiger partial charge >= 0.3 is 6.18 Å². The van der Waals surface area contributed by atoms with Crippen LogP contribution >= 0.6 is 0 Å². The van der Waals surface area contributed by atoms with Crippen LogP contribution in [-0.4, -0.2) is 25.3 Å². The molecular weight excluding hydrogens is 253 g/mol. The Morgan fingerprint density at radius 1 is 1.11 bits per heavy atom. The van der Waals surface area contributed by atoms with Crippen LogP contribution in [-0.2, 0) is 6.54 Å². The summed E-state index contributed by atoms with van der Waals surface area (Å²) >= 11 is 0. The van der Waals surface area contributed by atoms with E-state index in [4.69, 9.17) is 0 Å². The monoisotopic (exact) mass is 274 g/mol. The van der Waals surface area contributed by atoms with Gasteiger partial charge in [0.2, 0.25) is 0 Å². The lowest BCUT2D eigenvalue weighted by Gasteiger charge is -2.26. The van der Waals surface area contributed by atoms with Crippen LogP contribution < -0.4 is 10.2 Å². The molecule has 0 saturated heterocycles. The second-order valence-electron chi connectivity index (χ2n) is 5.70. The molecule has 2 nitrogen and oxygen atoms in total. The Morgan fingerprint density at radius 3 is 2.21 bits per heavy atom. The van der Waals surface area contributed by atoms with E-state index < -0.39 is 12.7 Å². The van der Waals surface area contributed by atoms with Gasteiger partial charge in [-0.2, -0.15) is 13.2 Å². The molecule has 0 heterocycles. The maximum absolute atomic E-state index is 12.4. The number of anilines is 1. The zero-order valence-electron chi connectivity index (χ0n) is 11.8. The van der Waals surface area contributed by atoms with Gasteiger partial charge in [-0.3, -0.25) is 0 Å². The van der Waals surface area contributed by atoms with Gasteiger partial charge in [0.15, 0.2) is 0 Å². The lowest BCUT2D eigenvalue weighted by atomic mass is 10.1. The van der Waals surface area contributed by atoms with Gasteiger partial charge in [-0.25, -0.2) is 0 Å². The number of rotatable bonds is 4. The molecular formula is C14H21F3N2. The molecule has 0 aliphatic heterocycles. The molecule has 0 aliphatic carbocycles. The first-order chi connectivity index (χ1) is 8.58. The van der Waals surface area contributed by atoms with Crippen LogP contribution in [0.5, 0.6) is 0 Å². The first-order valence-electron chi connectivity index (χ1n) is 6.19. The van der Waals surface area contributed by atoms with E-state index >= 15 is 0 Å². The average molecular weight is 274 g/mol. The van der Waals surface area contributed by atoms with Crippen LogP contribution in [0.2, 0.25) is 0 Å². The Hall–Kier alpha value is -1.23. The molecule has 0 aromatic heterocycles. The lowest BCUT2D eigenvalue weighted by Crippen LogP contribution is -2.36. The number of hydrogen-bond donors (Lipinski definition) is 1. The highest BCUT2D eigenvalue weighted by Crippen LogP contribution is 2.24. The van der Waals surface area contributed by atoms with Gasteiger partial charge < -0.3 is 10.2 Å². The average Bonchev–Trinajstić information content (AvgIpc) is 2.23. The summed E-state index contributed by atoms with van der Waals surface area (Å²) in [6.07, 6.45) is -4.20. The number of nitrogens with one attached hydrogen (secondary N) is 1. The quantitative estimate of drug-likeness (QED) is 0.903. The third-order valence-corrected chi connectivity index (χ3v) is 2.63. The van der Waals surface area contributed by atoms with E-state index in [1.807, 2.05) is 32.9 Å². The molecule has 0 unspecified atom stereocenters. The molecule has 0 aliphatic rings. The Kier molecular flexibility index (Phi) is 4.85. The standard InChI is InChI=1S/C14H21F3N2/c1-13(2,3)18-9-11-7-5-6-8-12(11)19(4)10-14(15,16)17/h5-8,18H,9-10H2,1-4H3. The summed E-state index contributed by atoms with van der Waals surface area (Å²) < 4.78 is 37.3. The first-order valence-corrected chi connectivity index (χ1v) is 6.19. The van der Waals surface area contributed by atoms with Crippen molar-refractivity contribution in [1.82, 2.24) is 5.32 Å². The number of hydrogen-bond acceptors (Lipinski definition) is 2. The van der Waals surface area contributed by atoms with Gasteiger partial charge in [0, 0.05) is 24.8 Å². The van der Waals surface area contributed by atoms with Crippen LogP contribution in [0.4, 0.5) is 18.9 Å². The van der Waals surface area contributed by atoms with Gasteiger partial charge in [-0.1, -0.05) is 18.2 Å². The van der Waals surface area contributed by atoms with Crippen molar-refractivity contribution in [3.8, 4) is 0 Å². The van der Waals surface area contributed by atoms with Crippen molar-refractivity contribution in [2.24, 2.45) is 0 Å². The molecule has 0 atom stereocenters. The highest BCUT2D eigenvalue weighted by Gasteiger charge is 2.30. The van der Waals surface area contributed by atoms with Gasteiger partial charge in [0.05, 0.1) is 0 Å². The van der Waals surface area contributed by atoms with E-state index in [0.717, 1.165) is 5.56 Å². The fraction of sp³-hybridized carbons (Fsp3) is 0.571. The number of halogens is 3. The third-order valence-electron chi connectivity index (χ3n) is 2.63. The molecule has 1 aromatic rings. The largest absolute Gasteiger partial charge is 0.405 e. The van der Waals surface area contributed by atoms with E-state index in [-0.39, 0.29) is 5.54 Å². The van der Waals surface area contributed by atoms with Crippen LogP contribution in [0.3, 0.4) is 0 Å². The molecule has 1 aromatic carbocycles. The number of nitrogens with zero attached hydrogens (tertiary/aromatic N) is 1. The molecule has 1 N–H and O–H groups in total. The predicted octanol–water partition coefficient (Wildman–Crippen LogP) is 3.57. The predicted molar refractivity (Wildman–Crippen MR) is 72.4 cm³/mol. The van der Waals surface area contributed by atoms with Gasteiger partial charge in [0.25, 0.3) is 0 Å². The summed E-state index contributed by atoms with van der Waals surface area (Å²) in [4.78, 5) is 1.24. The van der Waals surface area contributed by atoms with Gasteiger partial charge in [-0.15, -0.1) is 0 Å². The summed E-state index contributed by atoms with van der Waals surface area (Å²) in [5.41, 5.74) is 1.40. The van der Waals surface area contributed by atoms with E-state index in [1.54, 1.807) is 12.1 Å². The molecule has 0 spiro atoms. The van der Waals surface area contributed by atoms with Gasteiger partial charge in [0.1, 0.15) is 6.54 Å². The minimum Gasteiger partial charge on any atom is -0.365 e. The summed E-state index contributed by atoms with van der Waals surface area (Å²) in [5.74, 6) is 0. The lowest BCUT2D eigenvalue weighted by molar-refractivity contribution is -0.119. The summed E-state index contributed by atoms with van der Waals surface area (Å²) in [7, 11) is 1.46. The van der Waals surface area contributed by atoms with Gasteiger partial charge in [-0.05, 0) is 32.4 Å². The molecule has 0 saturated carbocycles. The van der Waals surface area contributed by atoms with E-state index in [0.29, 0.717) is 12.2 Å². The molecule has 0 bridgehead atoms. The zero-order chi connectivity index (χ0) is 14.7. The Morgan fingerprint density at radius 2 is 1.68 bits per heavy atom. The highest BCUT2D eigenvalue weighted by molar-refractivity contribution is 5.53. The van der Waals surface area contributed by atoms with E-state index in [1.165, 1.54) is 11.9 Å². The summed E-state index contributed by atoms with van der Waals surface area (Å²) in [5, 5.41) is 3.29. The highest BCUT2D eigenvalue weighted by atomic mass is 19.4. The number of alkyl halides is 3.